The fourth-order valence-electron chi connectivity index (χ4n) is 2.01. The molecule has 2 unspecified atom stereocenters. The number of carbonyl (C=O) groups excluding carboxylic acids is 1. The average molecular weight is 228 g/mol. The maximum atomic E-state index is 11.9. The largest absolute Gasteiger partial charge is 0.393 e. The molecule has 0 aromatic heterocycles. The lowest BCUT2D eigenvalue weighted by Crippen LogP contribution is -2.53. The molecule has 1 rings (SSSR count). The Morgan fingerprint density at radius 3 is 2.62 bits per heavy atom. The first-order valence-corrected chi connectivity index (χ1v) is 6.08. The van der Waals surface area contributed by atoms with Crippen LogP contribution in [-0.2, 0) is 0 Å². The van der Waals surface area contributed by atoms with Gasteiger partial charge in [0, 0.05) is 24.5 Å². The van der Waals surface area contributed by atoms with Crippen molar-refractivity contribution in [1.82, 2.24) is 10.2 Å². The van der Waals surface area contributed by atoms with Gasteiger partial charge in [-0.05, 0) is 33.6 Å². The third kappa shape index (κ3) is 3.67. The van der Waals surface area contributed by atoms with Crippen molar-refractivity contribution in [3.63, 3.8) is 0 Å². The summed E-state index contributed by atoms with van der Waals surface area (Å²) < 4.78 is 0. The summed E-state index contributed by atoms with van der Waals surface area (Å²) in [4.78, 5) is 13.7. The van der Waals surface area contributed by atoms with Gasteiger partial charge in [-0.25, -0.2) is 4.79 Å². The molecule has 16 heavy (non-hydrogen) atoms. The minimum atomic E-state index is -0.247. The second-order valence-corrected chi connectivity index (χ2v) is 5.65. The van der Waals surface area contributed by atoms with Crippen molar-refractivity contribution in [2.75, 3.05) is 13.1 Å². The second-order valence-electron chi connectivity index (χ2n) is 5.65. The Hall–Kier alpha value is -0.770. The summed E-state index contributed by atoms with van der Waals surface area (Å²) in [5.41, 5.74) is -0.200. The van der Waals surface area contributed by atoms with Crippen molar-refractivity contribution in [3.05, 3.63) is 0 Å². The Morgan fingerprint density at radius 2 is 2.12 bits per heavy atom. The summed E-state index contributed by atoms with van der Waals surface area (Å²) in [5.74, 6) is 0.222. The molecule has 1 saturated heterocycles. The number of amides is 2. The summed E-state index contributed by atoms with van der Waals surface area (Å²) in [7, 11) is 0. The maximum absolute atomic E-state index is 11.9. The SMILES string of the molecule is CCC1CN(C(=O)NC(C)(C)C)CCC1O. The number of hydrogen-bond acceptors (Lipinski definition) is 2. The molecule has 1 heterocycles. The molecule has 2 atom stereocenters. The van der Waals surface area contributed by atoms with Crippen LogP contribution in [0.5, 0.6) is 0 Å². The van der Waals surface area contributed by atoms with Crippen LogP contribution in [0, 0.1) is 5.92 Å². The van der Waals surface area contributed by atoms with Gasteiger partial charge in [-0.1, -0.05) is 6.92 Å². The lowest BCUT2D eigenvalue weighted by atomic mass is 9.92. The number of piperidine rings is 1. The smallest absolute Gasteiger partial charge is 0.317 e. The Morgan fingerprint density at radius 1 is 1.50 bits per heavy atom. The van der Waals surface area contributed by atoms with E-state index < -0.39 is 0 Å². The summed E-state index contributed by atoms with van der Waals surface area (Å²) in [6.45, 7) is 9.29. The van der Waals surface area contributed by atoms with Gasteiger partial charge in [-0.2, -0.15) is 0 Å². The van der Waals surface area contributed by atoms with E-state index in [1.54, 1.807) is 0 Å². The van der Waals surface area contributed by atoms with E-state index >= 15 is 0 Å². The van der Waals surface area contributed by atoms with Crippen LogP contribution in [0.2, 0.25) is 0 Å². The summed E-state index contributed by atoms with van der Waals surface area (Å²) in [5, 5.41) is 12.7. The van der Waals surface area contributed by atoms with E-state index in [1.165, 1.54) is 0 Å². The van der Waals surface area contributed by atoms with Gasteiger partial charge in [-0.15, -0.1) is 0 Å². The number of rotatable bonds is 1. The van der Waals surface area contributed by atoms with Gasteiger partial charge in [0.15, 0.2) is 0 Å². The van der Waals surface area contributed by atoms with Gasteiger partial charge in [0.25, 0.3) is 0 Å². The minimum Gasteiger partial charge on any atom is -0.393 e. The molecule has 0 bridgehead atoms. The minimum absolute atomic E-state index is 0.0159. The monoisotopic (exact) mass is 228 g/mol. The van der Waals surface area contributed by atoms with Crippen LogP contribution in [0.4, 0.5) is 4.79 Å². The molecule has 4 heteroatoms. The zero-order valence-electron chi connectivity index (χ0n) is 10.8. The number of hydrogen-bond donors (Lipinski definition) is 2. The van der Waals surface area contributed by atoms with Gasteiger partial charge in [0.05, 0.1) is 6.10 Å². The molecule has 1 aliphatic heterocycles. The van der Waals surface area contributed by atoms with Gasteiger partial charge >= 0.3 is 6.03 Å². The zero-order valence-corrected chi connectivity index (χ0v) is 10.8. The van der Waals surface area contributed by atoms with Gasteiger partial charge in [0.1, 0.15) is 0 Å². The molecular weight excluding hydrogens is 204 g/mol. The first kappa shape index (κ1) is 13.3. The fourth-order valence-corrected chi connectivity index (χ4v) is 2.01. The first-order valence-electron chi connectivity index (χ1n) is 6.08. The normalized spacial score (nSPS) is 26.7. The van der Waals surface area contributed by atoms with E-state index in [0.717, 1.165) is 6.42 Å². The molecule has 4 nitrogen and oxygen atoms in total. The van der Waals surface area contributed by atoms with E-state index in [0.29, 0.717) is 19.5 Å². The number of likely N-dealkylation sites (tertiary alicyclic amines) is 1. The van der Waals surface area contributed by atoms with Gasteiger partial charge in [-0.3, -0.25) is 0 Å². The third-order valence-corrected chi connectivity index (χ3v) is 2.99. The van der Waals surface area contributed by atoms with E-state index in [2.05, 4.69) is 12.2 Å². The standard InChI is InChI=1S/C12H24N2O2/c1-5-9-8-14(7-6-10(9)15)11(16)13-12(2,3)4/h9-10,15H,5-8H2,1-4H3,(H,13,16). The van der Waals surface area contributed by atoms with E-state index in [4.69, 9.17) is 0 Å². The Kier molecular flexibility index (Phi) is 4.19. The summed E-state index contributed by atoms with van der Waals surface area (Å²) in [6, 6.07) is -0.0159. The number of urea groups is 1. The zero-order chi connectivity index (χ0) is 12.3. The summed E-state index contributed by atoms with van der Waals surface area (Å²) in [6.07, 6.45) is 1.36. The molecule has 94 valence electrons. The van der Waals surface area contributed by atoms with Gasteiger partial charge in [0.2, 0.25) is 0 Å². The molecule has 2 amide bonds. The summed E-state index contributed by atoms with van der Waals surface area (Å²) >= 11 is 0. The molecular formula is C12H24N2O2. The molecule has 1 aliphatic rings. The van der Waals surface area contributed by atoms with Crippen LogP contribution in [0.3, 0.4) is 0 Å². The lowest BCUT2D eigenvalue weighted by Gasteiger charge is -2.37. The molecule has 0 radical (unpaired) electrons. The van der Waals surface area contributed by atoms with Crippen LogP contribution in [0.25, 0.3) is 0 Å². The Bertz CT molecular complexity index is 248. The fraction of sp³-hybridized carbons (Fsp3) is 0.917. The van der Waals surface area contributed by atoms with Crippen molar-refractivity contribution in [1.29, 1.82) is 0 Å². The predicted molar refractivity (Wildman–Crippen MR) is 64.3 cm³/mol. The first-order chi connectivity index (χ1) is 7.33. The van der Waals surface area contributed by atoms with Crippen LogP contribution < -0.4 is 5.32 Å². The lowest BCUT2D eigenvalue weighted by molar-refractivity contribution is 0.0372. The van der Waals surface area contributed by atoms with Crippen LogP contribution in [0.1, 0.15) is 40.5 Å². The molecule has 0 aliphatic carbocycles. The van der Waals surface area contributed by atoms with E-state index in [-0.39, 0.29) is 23.6 Å². The highest BCUT2D eigenvalue weighted by Gasteiger charge is 2.30. The molecule has 0 aromatic rings. The van der Waals surface area contributed by atoms with E-state index in [1.807, 2.05) is 25.7 Å². The van der Waals surface area contributed by atoms with Crippen molar-refractivity contribution in [2.45, 2.75) is 52.2 Å². The Labute approximate surface area is 98.0 Å². The van der Waals surface area contributed by atoms with Crippen molar-refractivity contribution in [3.8, 4) is 0 Å². The molecule has 0 aromatic carbocycles. The van der Waals surface area contributed by atoms with Crippen molar-refractivity contribution >= 4 is 6.03 Å². The van der Waals surface area contributed by atoms with Gasteiger partial charge < -0.3 is 15.3 Å². The third-order valence-electron chi connectivity index (χ3n) is 2.99. The van der Waals surface area contributed by atoms with E-state index in [9.17, 15) is 9.90 Å². The second kappa shape index (κ2) is 5.04. The highest BCUT2D eigenvalue weighted by molar-refractivity contribution is 5.75. The topological polar surface area (TPSA) is 52.6 Å². The highest BCUT2D eigenvalue weighted by Crippen LogP contribution is 2.20. The van der Waals surface area contributed by atoms with Crippen molar-refractivity contribution in [2.24, 2.45) is 5.92 Å². The quantitative estimate of drug-likeness (QED) is 0.716. The number of aliphatic hydroxyl groups excluding tert-OH is 1. The maximum Gasteiger partial charge on any atom is 0.317 e. The van der Waals surface area contributed by atoms with Crippen LogP contribution in [0.15, 0.2) is 0 Å². The van der Waals surface area contributed by atoms with Crippen molar-refractivity contribution < 1.29 is 9.90 Å². The average Bonchev–Trinajstić information content (AvgIpc) is 2.15. The highest BCUT2D eigenvalue weighted by atomic mass is 16.3. The molecule has 1 fully saturated rings. The number of aliphatic hydroxyl groups is 1. The Balaban J connectivity index is 2.52. The number of nitrogens with one attached hydrogen (secondary N) is 1. The molecule has 0 saturated carbocycles. The number of nitrogens with zero attached hydrogens (tertiary/aromatic N) is 1. The predicted octanol–water partition coefficient (Wildman–Crippen LogP) is 1.59. The van der Waals surface area contributed by atoms with Crippen LogP contribution >= 0.6 is 0 Å². The molecule has 0 spiro atoms. The molecule has 2 N–H and O–H groups in total. The number of carbonyl (C=O) groups is 1. The van der Waals surface area contributed by atoms with Crippen LogP contribution in [-0.4, -0.2) is 40.8 Å².